The highest BCUT2D eigenvalue weighted by Gasteiger charge is 2.39. The molecule has 0 unspecified atom stereocenters. The maximum atomic E-state index is 4.12. The molecule has 2 heterocycles. The van der Waals surface area contributed by atoms with E-state index in [9.17, 15) is 0 Å². The fraction of sp³-hybridized carbons (Fsp3) is 0.526. The maximum absolute atomic E-state index is 4.12. The Bertz CT molecular complexity index is 603. The van der Waals surface area contributed by atoms with Gasteiger partial charge in [-0.3, -0.25) is 4.90 Å². The van der Waals surface area contributed by atoms with Gasteiger partial charge in [-0.15, -0.1) is 0 Å². The zero-order chi connectivity index (χ0) is 15.5. The Balaban J connectivity index is 1.49. The molecular weight excluding hydrogens is 284 g/mol. The molecule has 4 heteroatoms. The molecule has 1 aliphatic carbocycles. The Morgan fingerprint density at radius 2 is 1.91 bits per heavy atom. The summed E-state index contributed by atoms with van der Waals surface area (Å²) in [7, 11) is 0. The highest BCUT2D eigenvalue weighted by Crippen LogP contribution is 2.35. The van der Waals surface area contributed by atoms with Crippen LogP contribution < -0.4 is 5.32 Å². The van der Waals surface area contributed by atoms with Gasteiger partial charge in [0, 0.05) is 49.8 Å². The van der Waals surface area contributed by atoms with Gasteiger partial charge in [0.2, 0.25) is 0 Å². The van der Waals surface area contributed by atoms with E-state index in [1.54, 1.807) is 0 Å². The Kier molecular flexibility index (Phi) is 4.19. The van der Waals surface area contributed by atoms with E-state index in [0.29, 0.717) is 5.54 Å². The van der Waals surface area contributed by atoms with E-state index in [2.05, 4.69) is 44.0 Å². The topological polar surface area (TPSA) is 33.1 Å². The molecule has 0 bridgehead atoms. The fourth-order valence-corrected chi connectivity index (χ4v) is 4.24. The average molecular weight is 310 g/mol. The number of nitrogens with one attached hydrogen (secondary N) is 1. The molecule has 1 aromatic heterocycles. The third-order valence-electron chi connectivity index (χ3n) is 5.58. The van der Waals surface area contributed by atoms with Crippen LogP contribution in [-0.4, -0.2) is 39.6 Å². The summed E-state index contributed by atoms with van der Waals surface area (Å²) in [6.45, 7) is 4.53. The van der Waals surface area contributed by atoms with Crippen molar-refractivity contribution in [2.75, 3.05) is 19.6 Å². The van der Waals surface area contributed by atoms with Gasteiger partial charge in [0.1, 0.15) is 0 Å². The minimum atomic E-state index is 0.402. The second-order valence-corrected chi connectivity index (χ2v) is 7.02. The van der Waals surface area contributed by atoms with E-state index < -0.39 is 0 Å². The normalized spacial score (nSPS) is 21.6. The van der Waals surface area contributed by atoms with Crippen LogP contribution in [0.25, 0.3) is 5.69 Å². The van der Waals surface area contributed by atoms with Crippen LogP contribution in [0.15, 0.2) is 43.0 Å². The van der Waals surface area contributed by atoms with E-state index >= 15 is 0 Å². The first kappa shape index (κ1) is 14.9. The maximum Gasteiger partial charge on any atom is 0.0991 e. The summed E-state index contributed by atoms with van der Waals surface area (Å²) in [5.74, 6) is 0. The largest absolute Gasteiger partial charge is 0.314 e. The number of imidazole rings is 1. The quantitative estimate of drug-likeness (QED) is 0.946. The van der Waals surface area contributed by atoms with Crippen LogP contribution >= 0.6 is 0 Å². The minimum absolute atomic E-state index is 0.402. The first-order valence-corrected chi connectivity index (χ1v) is 8.89. The number of rotatable bonds is 3. The second kappa shape index (κ2) is 6.46. The first-order valence-electron chi connectivity index (χ1n) is 8.89. The van der Waals surface area contributed by atoms with E-state index in [1.807, 2.05) is 18.7 Å². The zero-order valence-corrected chi connectivity index (χ0v) is 13.7. The Morgan fingerprint density at radius 3 is 2.65 bits per heavy atom. The lowest BCUT2D eigenvalue weighted by atomic mass is 9.79. The zero-order valence-electron chi connectivity index (χ0n) is 13.7. The molecule has 0 amide bonds. The summed E-state index contributed by atoms with van der Waals surface area (Å²) in [5.41, 5.74) is 3.00. The van der Waals surface area contributed by atoms with Gasteiger partial charge in [0.25, 0.3) is 0 Å². The van der Waals surface area contributed by atoms with Crippen LogP contribution in [0.2, 0.25) is 0 Å². The molecule has 2 fully saturated rings. The lowest BCUT2D eigenvalue weighted by Gasteiger charge is -2.50. The average Bonchev–Trinajstić information content (AvgIpc) is 3.13. The van der Waals surface area contributed by atoms with Crippen LogP contribution in [0, 0.1) is 0 Å². The highest BCUT2D eigenvalue weighted by atomic mass is 15.3. The van der Waals surface area contributed by atoms with Crippen molar-refractivity contribution in [1.29, 1.82) is 0 Å². The molecule has 1 spiro atoms. The third kappa shape index (κ3) is 3.06. The summed E-state index contributed by atoms with van der Waals surface area (Å²) in [4.78, 5) is 6.86. The van der Waals surface area contributed by atoms with Crippen molar-refractivity contribution in [3.05, 3.63) is 48.5 Å². The van der Waals surface area contributed by atoms with E-state index in [0.717, 1.165) is 13.1 Å². The fourth-order valence-electron chi connectivity index (χ4n) is 4.24. The van der Waals surface area contributed by atoms with E-state index in [-0.39, 0.29) is 0 Å². The molecule has 1 saturated carbocycles. The van der Waals surface area contributed by atoms with E-state index in [4.69, 9.17) is 0 Å². The van der Waals surface area contributed by atoms with Crippen LogP contribution in [0.5, 0.6) is 0 Å². The summed E-state index contributed by atoms with van der Waals surface area (Å²) in [5, 5.41) is 3.64. The highest BCUT2D eigenvalue weighted by molar-refractivity contribution is 5.34. The molecule has 1 aliphatic heterocycles. The number of nitrogens with zero attached hydrogens (tertiary/aromatic N) is 3. The van der Waals surface area contributed by atoms with Crippen LogP contribution in [0.3, 0.4) is 0 Å². The minimum Gasteiger partial charge on any atom is -0.314 e. The van der Waals surface area contributed by atoms with Gasteiger partial charge in [-0.1, -0.05) is 31.4 Å². The summed E-state index contributed by atoms with van der Waals surface area (Å²) < 4.78 is 2.05. The Labute approximate surface area is 138 Å². The van der Waals surface area contributed by atoms with Gasteiger partial charge in [-0.05, 0) is 30.5 Å². The van der Waals surface area contributed by atoms with Gasteiger partial charge < -0.3 is 9.88 Å². The van der Waals surface area contributed by atoms with Crippen LogP contribution in [0.1, 0.15) is 37.7 Å². The molecule has 1 saturated heterocycles. The van der Waals surface area contributed by atoms with Crippen LogP contribution in [0.4, 0.5) is 0 Å². The number of piperazine rings is 1. The molecule has 23 heavy (non-hydrogen) atoms. The molecule has 2 aromatic rings. The lowest BCUT2D eigenvalue weighted by molar-refractivity contribution is 0.0209. The van der Waals surface area contributed by atoms with Crippen molar-refractivity contribution in [3.8, 4) is 5.69 Å². The van der Waals surface area contributed by atoms with Crippen molar-refractivity contribution in [1.82, 2.24) is 19.8 Å². The van der Waals surface area contributed by atoms with Crippen LogP contribution in [-0.2, 0) is 6.54 Å². The summed E-state index contributed by atoms with van der Waals surface area (Å²) in [6, 6.07) is 8.95. The molecule has 1 aromatic carbocycles. The van der Waals surface area contributed by atoms with Gasteiger partial charge in [-0.2, -0.15) is 0 Å². The Morgan fingerprint density at radius 1 is 1.09 bits per heavy atom. The molecular formula is C19H26N4. The molecule has 1 N–H and O–H groups in total. The molecule has 0 atom stereocenters. The van der Waals surface area contributed by atoms with Crippen molar-refractivity contribution in [3.63, 3.8) is 0 Å². The third-order valence-corrected chi connectivity index (χ3v) is 5.58. The number of hydrogen-bond acceptors (Lipinski definition) is 3. The predicted octanol–water partition coefficient (Wildman–Crippen LogP) is 2.98. The van der Waals surface area contributed by atoms with Gasteiger partial charge >= 0.3 is 0 Å². The van der Waals surface area contributed by atoms with Gasteiger partial charge in [0.05, 0.1) is 6.33 Å². The monoisotopic (exact) mass is 310 g/mol. The second-order valence-electron chi connectivity index (χ2n) is 7.02. The SMILES string of the molecule is c1cn(-c2ccc(CN3CCNCC34CCCCC4)cc2)cn1. The summed E-state index contributed by atoms with van der Waals surface area (Å²) >= 11 is 0. The molecule has 4 nitrogen and oxygen atoms in total. The van der Waals surface area contributed by atoms with Crippen molar-refractivity contribution >= 4 is 0 Å². The predicted molar refractivity (Wildman–Crippen MR) is 92.7 cm³/mol. The number of hydrogen-bond donors (Lipinski definition) is 1. The van der Waals surface area contributed by atoms with Gasteiger partial charge in [0.15, 0.2) is 0 Å². The molecule has 0 radical (unpaired) electrons. The number of benzene rings is 1. The number of aromatic nitrogens is 2. The van der Waals surface area contributed by atoms with E-state index in [1.165, 1.54) is 56.4 Å². The van der Waals surface area contributed by atoms with Crippen molar-refractivity contribution in [2.45, 2.75) is 44.2 Å². The van der Waals surface area contributed by atoms with Crippen molar-refractivity contribution in [2.24, 2.45) is 0 Å². The smallest absolute Gasteiger partial charge is 0.0991 e. The molecule has 4 rings (SSSR count). The Hall–Kier alpha value is -1.65. The van der Waals surface area contributed by atoms with Gasteiger partial charge in [-0.25, -0.2) is 4.98 Å². The standard InChI is InChI=1S/C19H26N4/c1-2-8-19(9-3-1)15-20-11-13-23(19)14-17-4-6-18(7-5-17)22-12-10-21-16-22/h4-7,10,12,16,20H,1-3,8-9,11,13-15H2. The molecule has 122 valence electrons. The molecule has 2 aliphatic rings. The lowest BCUT2D eigenvalue weighted by Crippen LogP contribution is -2.61. The summed E-state index contributed by atoms with van der Waals surface area (Å²) in [6.07, 6.45) is 12.6. The van der Waals surface area contributed by atoms with Crippen molar-refractivity contribution < 1.29 is 0 Å². The first-order chi connectivity index (χ1) is 11.4.